The van der Waals surface area contributed by atoms with E-state index in [-0.39, 0.29) is 56.9 Å². The number of hydrogen-bond acceptors (Lipinski definition) is 3. The fourth-order valence-electron chi connectivity index (χ4n) is 1.72. The van der Waals surface area contributed by atoms with Gasteiger partial charge in [-0.15, -0.1) is 0 Å². The van der Waals surface area contributed by atoms with Crippen LogP contribution in [-0.2, 0) is 0 Å². The second kappa shape index (κ2) is 9.92. The Morgan fingerprint density at radius 2 is 1.71 bits per heavy atom. The molecule has 21 heavy (non-hydrogen) atoms. The minimum absolute atomic E-state index is 0. The Bertz CT molecular complexity index is 577. The summed E-state index contributed by atoms with van der Waals surface area (Å²) in [5, 5.41) is 10.6. The van der Waals surface area contributed by atoms with Crippen molar-refractivity contribution < 1.29 is 66.0 Å². The number of carbonyl (C=O) groups excluding carboxylic acids is 1. The standard InChI is InChI=1S/C17H16O3.K/c18-17(19)15-9-11-16(12-10-15)20-13-5-4-8-14-6-2-1-3-7-14;/h1-4,6-12H,5,13H2,(H,18,19);/q;+1/p-1. The van der Waals surface area contributed by atoms with E-state index in [1.165, 1.54) is 12.1 Å². The summed E-state index contributed by atoms with van der Waals surface area (Å²) >= 11 is 0. The fraction of sp³-hybridized carbons (Fsp3) is 0.118. The summed E-state index contributed by atoms with van der Waals surface area (Å²) in [5.41, 5.74) is 1.31. The van der Waals surface area contributed by atoms with Crippen LogP contribution in [0.1, 0.15) is 22.3 Å². The molecule has 0 atom stereocenters. The zero-order valence-corrected chi connectivity index (χ0v) is 15.1. The van der Waals surface area contributed by atoms with Gasteiger partial charge in [0.2, 0.25) is 0 Å². The average molecular weight is 306 g/mol. The average Bonchev–Trinajstić information content (AvgIpc) is 2.48. The summed E-state index contributed by atoms with van der Waals surface area (Å²) in [4.78, 5) is 10.6. The molecule has 0 N–H and O–H groups in total. The van der Waals surface area contributed by atoms with Crippen molar-refractivity contribution in [1.82, 2.24) is 0 Å². The van der Waals surface area contributed by atoms with Gasteiger partial charge in [0.25, 0.3) is 0 Å². The normalized spacial score (nSPS) is 10.1. The topological polar surface area (TPSA) is 49.4 Å². The zero-order chi connectivity index (χ0) is 14.2. The molecule has 0 spiro atoms. The van der Waals surface area contributed by atoms with Crippen LogP contribution in [0, 0.1) is 0 Å². The summed E-state index contributed by atoms with van der Waals surface area (Å²) in [6.07, 6.45) is 4.88. The first kappa shape index (κ1) is 18.1. The molecule has 0 saturated heterocycles. The molecular formula is C17H15KO3. The van der Waals surface area contributed by atoms with Crippen LogP contribution in [0.15, 0.2) is 60.7 Å². The Hall–Kier alpha value is -0.914. The molecular weight excluding hydrogens is 291 g/mol. The smallest absolute Gasteiger partial charge is 0.545 e. The van der Waals surface area contributed by atoms with Gasteiger partial charge < -0.3 is 14.6 Å². The van der Waals surface area contributed by atoms with Crippen molar-refractivity contribution in [3.63, 3.8) is 0 Å². The summed E-state index contributed by atoms with van der Waals surface area (Å²) in [6.45, 7) is 0.550. The molecule has 0 fully saturated rings. The van der Waals surface area contributed by atoms with Crippen molar-refractivity contribution >= 4 is 12.0 Å². The monoisotopic (exact) mass is 306 g/mol. The minimum atomic E-state index is -1.18. The maximum atomic E-state index is 10.6. The molecule has 2 rings (SSSR count). The molecule has 3 nitrogen and oxygen atoms in total. The molecule has 0 radical (unpaired) electrons. The first-order valence-corrected chi connectivity index (χ1v) is 6.41. The third kappa shape index (κ3) is 6.59. The number of benzene rings is 2. The quantitative estimate of drug-likeness (QED) is 0.536. The van der Waals surface area contributed by atoms with Crippen LogP contribution >= 0.6 is 0 Å². The molecule has 2 aromatic carbocycles. The van der Waals surface area contributed by atoms with Crippen molar-refractivity contribution in [2.45, 2.75) is 6.42 Å². The third-order valence-corrected chi connectivity index (χ3v) is 2.75. The maximum Gasteiger partial charge on any atom is 1.00 e. The van der Waals surface area contributed by atoms with E-state index in [1.807, 2.05) is 42.5 Å². The predicted octanol–water partition coefficient (Wildman–Crippen LogP) is -0.464. The first-order chi connectivity index (χ1) is 9.75. The van der Waals surface area contributed by atoms with Gasteiger partial charge in [0, 0.05) is 0 Å². The number of carboxylic acids is 1. The van der Waals surface area contributed by atoms with E-state index >= 15 is 0 Å². The Morgan fingerprint density at radius 3 is 2.33 bits per heavy atom. The number of carbonyl (C=O) groups is 1. The van der Waals surface area contributed by atoms with Crippen LogP contribution in [-0.4, -0.2) is 12.6 Å². The molecule has 0 aliphatic rings. The van der Waals surface area contributed by atoms with Crippen LogP contribution in [0.2, 0.25) is 0 Å². The summed E-state index contributed by atoms with van der Waals surface area (Å²) < 4.78 is 5.51. The number of ether oxygens (including phenoxy) is 1. The van der Waals surface area contributed by atoms with Crippen molar-refractivity contribution in [3.8, 4) is 5.75 Å². The van der Waals surface area contributed by atoms with E-state index in [0.29, 0.717) is 12.4 Å². The van der Waals surface area contributed by atoms with Gasteiger partial charge in [-0.1, -0.05) is 42.5 Å². The van der Waals surface area contributed by atoms with Crippen molar-refractivity contribution in [2.75, 3.05) is 6.61 Å². The van der Waals surface area contributed by atoms with E-state index in [4.69, 9.17) is 4.74 Å². The van der Waals surface area contributed by atoms with Gasteiger partial charge in [0.05, 0.1) is 12.6 Å². The first-order valence-electron chi connectivity index (χ1n) is 6.41. The molecule has 0 heterocycles. The molecule has 2 aromatic rings. The van der Waals surface area contributed by atoms with Crippen LogP contribution in [0.25, 0.3) is 6.08 Å². The Balaban J connectivity index is 0.00000220. The number of hydrogen-bond donors (Lipinski definition) is 0. The fourth-order valence-corrected chi connectivity index (χ4v) is 1.72. The number of rotatable bonds is 6. The molecule has 0 unspecified atom stereocenters. The maximum absolute atomic E-state index is 10.6. The zero-order valence-electron chi connectivity index (χ0n) is 12.0. The van der Waals surface area contributed by atoms with Crippen molar-refractivity contribution in [2.24, 2.45) is 0 Å². The van der Waals surface area contributed by atoms with E-state index in [9.17, 15) is 9.90 Å². The molecule has 0 bridgehead atoms. The summed E-state index contributed by atoms with van der Waals surface area (Å²) in [6, 6.07) is 16.3. The van der Waals surface area contributed by atoms with Gasteiger partial charge in [-0.2, -0.15) is 0 Å². The molecule has 102 valence electrons. The Kier molecular flexibility index (Phi) is 8.57. The number of aromatic carboxylic acids is 1. The van der Waals surface area contributed by atoms with Gasteiger partial charge in [0.1, 0.15) is 5.75 Å². The molecule has 0 saturated carbocycles. The number of carboxylic acid groups (broad SMARTS) is 1. The molecule has 0 aliphatic carbocycles. The van der Waals surface area contributed by atoms with Gasteiger partial charge in [-0.25, -0.2) is 0 Å². The third-order valence-electron chi connectivity index (χ3n) is 2.75. The van der Waals surface area contributed by atoms with E-state index < -0.39 is 5.97 Å². The minimum Gasteiger partial charge on any atom is -0.545 e. The second-order valence-electron chi connectivity index (χ2n) is 4.26. The predicted molar refractivity (Wildman–Crippen MR) is 76.4 cm³/mol. The SMILES string of the molecule is O=C([O-])c1ccc(OCCC=Cc2ccccc2)cc1.[K+]. The summed E-state index contributed by atoms with van der Waals surface area (Å²) in [5.74, 6) is -0.523. The van der Waals surface area contributed by atoms with Gasteiger partial charge in [-0.05, 0) is 41.8 Å². The summed E-state index contributed by atoms with van der Waals surface area (Å²) in [7, 11) is 0. The van der Waals surface area contributed by atoms with Gasteiger partial charge >= 0.3 is 51.4 Å². The van der Waals surface area contributed by atoms with Crippen LogP contribution in [0.5, 0.6) is 5.75 Å². The van der Waals surface area contributed by atoms with Crippen molar-refractivity contribution in [3.05, 3.63) is 71.8 Å². The van der Waals surface area contributed by atoms with Gasteiger partial charge in [0.15, 0.2) is 0 Å². The van der Waals surface area contributed by atoms with Crippen molar-refractivity contribution in [1.29, 1.82) is 0 Å². The van der Waals surface area contributed by atoms with Crippen LogP contribution in [0.3, 0.4) is 0 Å². The van der Waals surface area contributed by atoms with E-state index in [1.54, 1.807) is 12.1 Å². The largest absolute Gasteiger partial charge is 1.00 e. The Morgan fingerprint density at radius 1 is 1.05 bits per heavy atom. The van der Waals surface area contributed by atoms with E-state index in [0.717, 1.165) is 12.0 Å². The van der Waals surface area contributed by atoms with E-state index in [2.05, 4.69) is 0 Å². The molecule has 0 amide bonds. The Labute approximate surface area is 167 Å². The van der Waals surface area contributed by atoms with Crippen LogP contribution < -0.4 is 61.2 Å². The molecule has 4 heteroatoms. The van der Waals surface area contributed by atoms with Gasteiger partial charge in [-0.3, -0.25) is 0 Å². The molecule has 0 aromatic heterocycles. The van der Waals surface area contributed by atoms with Crippen LogP contribution in [0.4, 0.5) is 0 Å². The second-order valence-corrected chi connectivity index (χ2v) is 4.26. The molecule has 0 aliphatic heterocycles.